The maximum atomic E-state index is 12.1. The lowest BCUT2D eigenvalue weighted by Gasteiger charge is -2.21. The molecule has 7 nitrogen and oxygen atoms in total. The number of hydrogen-bond donors (Lipinski definition) is 2. The first-order chi connectivity index (χ1) is 12.7. The molecule has 0 aliphatic heterocycles. The number of hydrogen-bond acceptors (Lipinski definition) is 6. The molecule has 0 aliphatic carbocycles. The van der Waals surface area contributed by atoms with Crippen molar-refractivity contribution in [1.29, 1.82) is 0 Å². The largest absolute Gasteiger partial charge is 0.494 e. The molecule has 0 unspecified atom stereocenters. The number of amides is 1. The molecule has 8 heteroatoms. The molecular weight excluding hydrogens is 368 g/mol. The van der Waals surface area contributed by atoms with Crippen molar-refractivity contribution in [3.8, 4) is 0 Å². The molecule has 27 heavy (non-hydrogen) atoms. The van der Waals surface area contributed by atoms with Crippen LogP contribution in [0.3, 0.4) is 0 Å². The van der Waals surface area contributed by atoms with Crippen molar-refractivity contribution in [2.75, 3.05) is 17.2 Å². The minimum atomic E-state index is -0.602. The van der Waals surface area contributed by atoms with Crippen LogP contribution >= 0.6 is 11.6 Å². The molecule has 144 valence electrons. The predicted molar refractivity (Wildman–Crippen MR) is 107 cm³/mol. The Morgan fingerprint density at radius 2 is 1.93 bits per heavy atom. The molecule has 1 heterocycles. The van der Waals surface area contributed by atoms with Crippen LogP contribution < -0.4 is 10.6 Å². The first-order valence-corrected chi connectivity index (χ1v) is 8.78. The number of carbonyl (C=O) groups is 1. The Morgan fingerprint density at radius 3 is 2.56 bits per heavy atom. The summed E-state index contributed by atoms with van der Waals surface area (Å²) in [6.45, 7) is 11.6. The first-order valence-electron chi connectivity index (χ1n) is 8.40. The summed E-state index contributed by atoms with van der Waals surface area (Å²) in [7, 11) is 0. The summed E-state index contributed by atoms with van der Waals surface area (Å²) in [5.74, 6) is 0.820. The number of halogens is 1. The van der Waals surface area contributed by atoms with Gasteiger partial charge in [-0.15, -0.1) is 0 Å². The van der Waals surface area contributed by atoms with E-state index in [1.807, 2.05) is 13.0 Å². The van der Waals surface area contributed by atoms with Crippen LogP contribution in [0.15, 0.2) is 37.0 Å². The van der Waals surface area contributed by atoms with Gasteiger partial charge in [-0.1, -0.05) is 18.7 Å². The topological polar surface area (TPSA) is 85.4 Å². The van der Waals surface area contributed by atoms with E-state index in [1.165, 1.54) is 6.20 Å². The van der Waals surface area contributed by atoms with E-state index in [2.05, 4.69) is 27.2 Å². The second-order valence-electron chi connectivity index (χ2n) is 6.55. The van der Waals surface area contributed by atoms with Gasteiger partial charge in [-0.3, -0.25) is 5.32 Å². The monoisotopic (exact) mass is 390 g/mol. The zero-order valence-electron chi connectivity index (χ0n) is 15.8. The SMILES string of the molecule is C=C(OCC)c1cnc(Cl)nc1Nc1ccccc1NC(=O)OC(C)(C)C. The predicted octanol–water partition coefficient (Wildman–Crippen LogP) is 5.23. The molecule has 1 amide bonds. The molecule has 0 aliphatic rings. The fraction of sp³-hybridized carbons (Fsp3) is 0.316. The van der Waals surface area contributed by atoms with E-state index in [-0.39, 0.29) is 5.28 Å². The van der Waals surface area contributed by atoms with E-state index in [4.69, 9.17) is 21.1 Å². The van der Waals surface area contributed by atoms with Crippen LogP contribution in [0.2, 0.25) is 5.28 Å². The fourth-order valence-corrected chi connectivity index (χ4v) is 2.29. The van der Waals surface area contributed by atoms with Crippen molar-refractivity contribution in [3.05, 3.63) is 47.9 Å². The molecule has 0 atom stereocenters. The van der Waals surface area contributed by atoms with Gasteiger partial charge in [0.1, 0.15) is 17.2 Å². The number of nitrogens with zero attached hydrogens (tertiary/aromatic N) is 2. The van der Waals surface area contributed by atoms with E-state index in [9.17, 15) is 4.79 Å². The second-order valence-corrected chi connectivity index (χ2v) is 6.89. The zero-order chi connectivity index (χ0) is 20.0. The van der Waals surface area contributed by atoms with Crippen LogP contribution in [-0.2, 0) is 9.47 Å². The van der Waals surface area contributed by atoms with Crippen LogP contribution in [0.4, 0.5) is 22.0 Å². The van der Waals surface area contributed by atoms with Crippen molar-refractivity contribution >= 4 is 40.6 Å². The standard InChI is InChI=1S/C19H23ClN4O3/c1-6-26-12(2)13-11-21-17(20)24-16(13)22-14-9-7-8-10-15(14)23-18(25)27-19(3,4)5/h7-11H,2,6H2,1,3-5H3,(H,23,25)(H,21,22,24). The molecule has 2 aromatic rings. The summed E-state index contributed by atoms with van der Waals surface area (Å²) in [4.78, 5) is 20.3. The quantitative estimate of drug-likeness (QED) is 0.519. The lowest BCUT2D eigenvalue weighted by Crippen LogP contribution is -2.27. The molecule has 0 spiro atoms. The third-order valence-electron chi connectivity index (χ3n) is 3.19. The molecule has 2 N–H and O–H groups in total. The van der Waals surface area contributed by atoms with Gasteiger partial charge < -0.3 is 14.8 Å². The van der Waals surface area contributed by atoms with Gasteiger partial charge in [0.05, 0.1) is 23.5 Å². The third kappa shape index (κ3) is 6.14. The van der Waals surface area contributed by atoms with Gasteiger partial charge in [-0.2, -0.15) is 4.98 Å². The van der Waals surface area contributed by atoms with Crippen molar-refractivity contribution in [1.82, 2.24) is 9.97 Å². The van der Waals surface area contributed by atoms with Gasteiger partial charge in [0, 0.05) is 6.20 Å². The number of rotatable bonds is 6. The molecule has 0 saturated carbocycles. The van der Waals surface area contributed by atoms with Crippen molar-refractivity contribution in [3.63, 3.8) is 0 Å². The van der Waals surface area contributed by atoms with Gasteiger partial charge in [0.15, 0.2) is 0 Å². The molecule has 0 fully saturated rings. The van der Waals surface area contributed by atoms with E-state index in [1.54, 1.807) is 39.0 Å². The van der Waals surface area contributed by atoms with Crippen molar-refractivity contribution in [2.45, 2.75) is 33.3 Å². The summed E-state index contributed by atoms with van der Waals surface area (Å²) >= 11 is 5.94. The van der Waals surface area contributed by atoms with E-state index < -0.39 is 11.7 Å². The highest BCUT2D eigenvalue weighted by Crippen LogP contribution is 2.29. The van der Waals surface area contributed by atoms with Crippen molar-refractivity contribution < 1.29 is 14.3 Å². The second kappa shape index (κ2) is 8.73. The average molecular weight is 391 g/mol. The molecule has 0 bridgehead atoms. The van der Waals surface area contributed by atoms with E-state index in [0.717, 1.165) is 0 Å². The Kier molecular flexibility index (Phi) is 6.63. The third-order valence-corrected chi connectivity index (χ3v) is 3.38. The normalized spacial score (nSPS) is 10.9. The van der Waals surface area contributed by atoms with Crippen LogP contribution in [0, 0.1) is 0 Å². The number of para-hydroxylation sites is 2. The minimum absolute atomic E-state index is 0.0723. The molecular formula is C19H23ClN4O3. The lowest BCUT2D eigenvalue weighted by atomic mass is 10.2. The molecule has 1 aromatic heterocycles. The zero-order valence-corrected chi connectivity index (χ0v) is 16.6. The summed E-state index contributed by atoms with van der Waals surface area (Å²) in [5, 5.41) is 5.94. The van der Waals surface area contributed by atoms with Crippen LogP contribution in [0.25, 0.3) is 5.76 Å². The number of anilines is 3. The minimum Gasteiger partial charge on any atom is -0.494 e. The Hall–Kier alpha value is -2.80. The highest BCUT2D eigenvalue weighted by atomic mass is 35.5. The summed E-state index contributed by atoms with van der Waals surface area (Å²) in [6.07, 6.45) is 0.968. The Bertz CT molecular complexity index is 834. The number of aromatic nitrogens is 2. The van der Waals surface area contributed by atoms with Gasteiger partial charge in [-0.05, 0) is 51.4 Å². The maximum Gasteiger partial charge on any atom is 0.412 e. The molecule has 0 radical (unpaired) electrons. The molecule has 1 aromatic carbocycles. The lowest BCUT2D eigenvalue weighted by molar-refractivity contribution is 0.0636. The number of nitrogens with one attached hydrogen (secondary N) is 2. The smallest absolute Gasteiger partial charge is 0.412 e. The van der Waals surface area contributed by atoms with Gasteiger partial charge >= 0.3 is 6.09 Å². The Morgan fingerprint density at radius 1 is 1.26 bits per heavy atom. The van der Waals surface area contributed by atoms with E-state index >= 15 is 0 Å². The summed E-state index contributed by atoms with van der Waals surface area (Å²) in [6, 6.07) is 7.15. The van der Waals surface area contributed by atoms with Gasteiger partial charge in [-0.25, -0.2) is 9.78 Å². The Labute approximate surface area is 163 Å². The average Bonchev–Trinajstić information content (AvgIpc) is 2.55. The highest BCUT2D eigenvalue weighted by molar-refractivity contribution is 6.28. The summed E-state index contributed by atoms with van der Waals surface area (Å²) < 4.78 is 10.7. The van der Waals surface area contributed by atoms with Gasteiger partial charge in [0.25, 0.3) is 0 Å². The van der Waals surface area contributed by atoms with Gasteiger partial charge in [0.2, 0.25) is 5.28 Å². The van der Waals surface area contributed by atoms with Crippen LogP contribution in [0.5, 0.6) is 0 Å². The highest BCUT2D eigenvalue weighted by Gasteiger charge is 2.18. The number of ether oxygens (including phenoxy) is 2. The maximum absolute atomic E-state index is 12.1. The van der Waals surface area contributed by atoms with E-state index in [0.29, 0.717) is 35.1 Å². The first kappa shape index (κ1) is 20.5. The van der Waals surface area contributed by atoms with Crippen molar-refractivity contribution in [2.24, 2.45) is 0 Å². The molecule has 2 rings (SSSR count). The molecule has 0 saturated heterocycles. The number of benzene rings is 1. The Balaban J connectivity index is 2.30. The number of carbonyl (C=O) groups excluding carboxylic acids is 1. The fourth-order valence-electron chi connectivity index (χ4n) is 2.15. The van der Waals surface area contributed by atoms with Crippen LogP contribution in [-0.4, -0.2) is 28.3 Å². The van der Waals surface area contributed by atoms with Crippen LogP contribution in [0.1, 0.15) is 33.3 Å². The summed E-state index contributed by atoms with van der Waals surface area (Å²) in [5.41, 5.74) is 1.08.